The number of anilines is 4. The number of hydrogen-bond donors (Lipinski definition) is 4. The fourth-order valence-corrected chi connectivity index (χ4v) is 4.39. The smallest absolute Gasteiger partial charge is 0.254 e. The van der Waals surface area contributed by atoms with E-state index in [1.165, 1.54) is 24.0 Å². The molecule has 1 saturated carbocycles. The topological polar surface area (TPSA) is 112 Å². The van der Waals surface area contributed by atoms with Crippen molar-refractivity contribution in [1.29, 1.82) is 0 Å². The predicted molar refractivity (Wildman–Crippen MR) is 144 cm³/mol. The molecule has 6 rings (SSSR count). The molecular weight excluding hydrogens is 466 g/mol. The summed E-state index contributed by atoms with van der Waals surface area (Å²) in [5, 5.41) is 17.2. The first-order valence-electron chi connectivity index (χ1n) is 12.4. The SMILES string of the molecule is Cc1cccc(CNc2cc(Nc3ccn4ncc(/C=C5/CC(=O)NC5=O)c4n3)cc(NC3CC3)c2)c1. The summed E-state index contributed by atoms with van der Waals surface area (Å²) in [7, 11) is 0. The van der Waals surface area contributed by atoms with E-state index in [0.29, 0.717) is 28.6 Å². The molecule has 0 spiro atoms. The minimum atomic E-state index is -0.371. The van der Waals surface area contributed by atoms with Crippen LogP contribution in [0.5, 0.6) is 0 Å². The zero-order valence-electron chi connectivity index (χ0n) is 20.4. The molecule has 2 aromatic carbocycles. The Morgan fingerprint density at radius 3 is 2.70 bits per heavy atom. The van der Waals surface area contributed by atoms with Crippen molar-refractivity contribution in [2.24, 2.45) is 0 Å². The molecule has 2 aromatic heterocycles. The van der Waals surface area contributed by atoms with E-state index in [4.69, 9.17) is 4.98 Å². The molecule has 186 valence electrons. The summed E-state index contributed by atoms with van der Waals surface area (Å²) in [6.45, 7) is 2.82. The van der Waals surface area contributed by atoms with Gasteiger partial charge in [0.2, 0.25) is 5.91 Å². The van der Waals surface area contributed by atoms with Crippen LogP contribution in [-0.4, -0.2) is 32.5 Å². The van der Waals surface area contributed by atoms with Crippen LogP contribution < -0.4 is 21.3 Å². The summed E-state index contributed by atoms with van der Waals surface area (Å²) in [5.74, 6) is -0.0216. The summed E-state index contributed by atoms with van der Waals surface area (Å²) in [5.41, 5.74) is 7.08. The maximum Gasteiger partial charge on any atom is 0.254 e. The van der Waals surface area contributed by atoms with Crippen LogP contribution in [0.15, 0.2) is 66.5 Å². The second-order valence-electron chi connectivity index (χ2n) is 9.59. The van der Waals surface area contributed by atoms with Crippen LogP contribution >= 0.6 is 0 Å². The number of amides is 2. The number of benzene rings is 2. The Labute approximate surface area is 214 Å². The molecule has 1 aliphatic carbocycles. The monoisotopic (exact) mass is 493 g/mol. The van der Waals surface area contributed by atoms with E-state index in [9.17, 15) is 9.59 Å². The Morgan fingerprint density at radius 1 is 1.08 bits per heavy atom. The molecule has 3 heterocycles. The van der Waals surface area contributed by atoms with Crippen molar-refractivity contribution in [1.82, 2.24) is 19.9 Å². The number of aromatic nitrogens is 3. The van der Waals surface area contributed by atoms with Gasteiger partial charge in [-0.3, -0.25) is 14.9 Å². The van der Waals surface area contributed by atoms with Crippen molar-refractivity contribution in [3.05, 3.63) is 83.2 Å². The third-order valence-corrected chi connectivity index (χ3v) is 6.35. The highest BCUT2D eigenvalue weighted by Crippen LogP contribution is 2.30. The maximum absolute atomic E-state index is 12.0. The van der Waals surface area contributed by atoms with Crippen molar-refractivity contribution >= 4 is 46.4 Å². The van der Waals surface area contributed by atoms with Gasteiger partial charge in [-0.05, 0) is 55.7 Å². The van der Waals surface area contributed by atoms with Crippen molar-refractivity contribution < 1.29 is 9.59 Å². The lowest BCUT2D eigenvalue weighted by Gasteiger charge is -2.14. The molecule has 2 fully saturated rings. The quantitative estimate of drug-likeness (QED) is 0.213. The fraction of sp³-hybridized carbons (Fsp3) is 0.214. The van der Waals surface area contributed by atoms with E-state index in [0.717, 1.165) is 23.6 Å². The Balaban J connectivity index is 1.26. The average Bonchev–Trinajstić information content (AvgIpc) is 3.51. The molecule has 1 aliphatic heterocycles. The Hall–Kier alpha value is -4.66. The van der Waals surface area contributed by atoms with Crippen molar-refractivity contribution in [2.75, 3.05) is 16.0 Å². The van der Waals surface area contributed by atoms with Gasteiger partial charge in [0, 0.05) is 47.0 Å². The summed E-state index contributed by atoms with van der Waals surface area (Å²) >= 11 is 0. The van der Waals surface area contributed by atoms with Crippen molar-refractivity contribution in [3.63, 3.8) is 0 Å². The van der Waals surface area contributed by atoms with Gasteiger partial charge in [-0.2, -0.15) is 5.10 Å². The number of aryl methyl sites for hydroxylation is 1. The largest absolute Gasteiger partial charge is 0.382 e. The van der Waals surface area contributed by atoms with Crippen LogP contribution in [0.1, 0.15) is 36.0 Å². The highest BCUT2D eigenvalue weighted by atomic mass is 16.2. The number of nitrogens with one attached hydrogen (secondary N) is 4. The van der Waals surface area contributed by atoms with Crippen LogP contribution in [0.4, 0.5) is 22.9 Å². The summed E-state index contributed by atoms with van der Waals surface area (Å²) in [6.07, 6.45) is 7.56. The number of nitrogens with zero attached hydrogens (tertiary/aromatic N) is 3. The first-order chi connectivity index (χ1) is 18.0. The van der Waals surface area contributed by atoms with Gasteiger partial charge in [-0.25, -0.2) is 9.50 Å². The first-order valence-corrected chi connectivity index (χ1v) is 12.4. The molecule has 0 unspecified atom stereocenters. The number of hydrogen-bond acceptors (Lipinski definition) is 7. The second-order valence-corrected chi connectivity index (χ2v) is 9.59. The van der Waals surface area contributed by atoms with Gasteiger partial charge in [0.25, 0.3) is 5.91 Å². The third kappa shape index (κ3) is 5.30. The number of imide groups is 1. The molecule has 0 radical (unpaired) electrons. The maximum atomic E-state index is 12.0. The van der Waals surface area contributed by atoms with Gasteiger partial charge in [0.05, 0.1) is 12.6 Å². The van der Waals surface area contributed by atoms with Gasteiger partial charge >= 0.3 is 0 Å². The van der Waals surface area contributed by atoms with Crippen molar-refractivity contribution in [3.8, 4) is 0 Å². The van der Waals surface area contributed by atoms with E-state index >= 15 is 0 Å². The third-order valence-electron chi connectivity index (χ3n) is 6.35. The van der Waals surface area contributed by atoms with Crippen LogP contribution in [0.3, 0.4) is 0 Å². The minimum absolute atomic E-state index is 0.0627. The van der Waals surface area contributed by atoms with Gasteiger partial charge in [-0.15, -0.1) is 0 Å². The second kappa shape index (κ2) is 9.42. The molecule has 9 nitrogen and oxygen atoms in total. The predicted octanol–water partition coefficient (Wildman–Crippen LogP) is 4.40. The molecule has 4 aromatic rings. The summed E-state index contributed by atoms with van der Waals surface area (Å²) < 4.78 is 1.64. The molecule has 9 heteroatoms. The van der Waals surface area contributed by atoms with Gasteiger partial charge in [0.1, 0.15) is 5.82 Å². The van der Waals surface area contributed by atoms with Crippen LogP contribution in [-0.2, 0) is 16.1 Å². The molecule has 37 heavy (non-hydrogen) atoms. The number of rotatable bonds is 8. The minimum Gasteiger partial charge on any atom is -0.382 e. The van der Waals surface area contributed by atoms with E-state index in [1.54, 1.807) is 16.8 Å². The molecule has 1 saturated heterocycles. The zero-order chi connectivity index (χ0) is 25.4. The number of carbonyl (C=O) groups is 2. The Bertz CT molecular complexity index is 1550. The van der Waals surface area contributed by atoms with Crippen LogP contribution in [0.25, 0.3) is 11.7 Å². The highest BCUT2D eigenvalue weighted by Gasteiger charge is 2.24. The molecule has 4 N–H and O–H groups in total. The van der Waals surface area contributed by atoms with Crippen molar-refractivity contribution in [2.45, 2.75) is 38.8 Å². The number of carbonyl (C=O) groups excluding carboxylic acids is 2. The van der Waals surface area contributed by atoms with E-state index in [1.807, 2.05) is 12.3 Å². The highest BCUT2D eigenvalue weighted by molar-refractivity contribution is 6.15. The normalized spacial score (nSPS) is 16.3. The Kier molecular flexibility index (Phi) is 5.80. The summed E-state index contributed by atoms with van der Waals surface area (Å²) in [4.78, 5) is 28.3. The van der Waals surface area contributed by atoms with Crippen LogP contribution in [0, 0.1) is 6.92 Å². The van der Waals surface area contributed by atoms with Gasteiger partial charge in [0.15, 0.2) is 5.65 Å². The van der Waals surface area contributed by atoms with Gasteiger partial charge < -0.3 is 16.0 Å². The first kappa shape index (κ1) is 22.8. The molecule has 2 amide bonds. The molecule has 0 bridgehead atoms. The van der Waals surface area contributed by atoms with Gasteiger partial charge in [-0.1, -0.05) is 29.8 Å². The average molecular weight is 494 g/mol. The molecule has 2 aliphatic rings. The van der Waals surface area contributed by atoms with E-state index < -0.39 is 0 Å². The Morgan fingerprint density at radius 2 is 1.92 bits per heavy atom. The van der Waals surface area contributed by atoms with Crippen LogP contribution in [0.2, 0.25) is 0 Å². The van der Waals surface area contributed by atoms with E-state index in [2.05, 4.69) is 75.8 Å². The summed E-state index contributed by atoms with van der Waals surface area (Å²) in [6, 6.07) is 17.1. The standard InChI is InChI=1S/C28H27N7O2/c1-17-3-2-4-18(9-17)15-29-22-12-23(31-21-5-6-21)14-24(13-22)32-25-7-8-35-27(33-25)20(16-30-35)10-19-11-26(36)34-28(19)37/h2-4,7-10,12-14,16,21,29,31H,5-6,11,15H2,1H3,(H,32,33)(H,34,36,37)/b19-10-. The lowest BCUT2D eigenvalue weighted by Crippen LogP contribution is -2.19. The molecular formula is C28H27N7O2. The fourth-order valence-electron chi connectivity index (χ4n) is 4.39. The van der Waals surface area contributed by atoms with E-state index in [-0.39, 0.29) is 18.2 Å². The molecule has 0 atom stereocenters. The lowest BCUT2D eigenvalue weighted by atomic mass is 10.1. The number of fused-ring (bicyclic) bond motifs is 1. The lowest BCUT2D eigenvalue weighted by molar-refractivity contribution is -0.124. The zero-order valence-corrected chi connectivity index (χ0v) is 20.4.